The van der Waals surface area contributed by atoms with E-state index in [1.54, 1.807) is 0 Å². The molecule has 1 amide bonds. The van der Waals surface area contributed by atoms with Gasteiger partial charge in [0, 0.05) is 32.2 Å². The van der Waals surface area contributed by atoms with Crippen LogP contribution in [0.1, 0.15) is 20.3 Å². The maximum absolute atomic E-state index is 12.3. The van der Waals surface area contributed by atoms with Crippen molar-refractivity contribution in [1.29, 1.82) is 0 Å². The minimum Gasteiger partial charge on any atom is -0.376 e. The van der Waals surface area contributed by atoms with Crippen LogP contribution in [0.4, 0.5) is 0 Å². The average molecular weight is 255 g/mol. The van der Waals surface area contributed by atoms with Gasteiger partial charge in [-0.1, -0.05) is 0 Å². The van der Waals surface area contributed by atoms with Gasteiger partial charge in [-0.15, -0.1) is 0 Å². The Hall–Kier alpha value is -0.650. The summed E-state index contributed by atoms with van der Waals surface area (Å²) in [5.74, 6) is 0.264. The Kier molecular flexibility index (Phi) is 4.97. The fourth-order valence-corrected chi connectivity index (χ4v) is 2.56. The minimum atomic E-state index is 0.236. The van der Waals surface area contributed by atoms with Crippen molar-refractivity contribution in [3.8, 4) is 0 Å². The van der Waals surface area contributed by atoms with Crippen molar-refractivity contribution in [2.75, 3.05) is 45.9 Å². The molecule has 5 nitrogen and oxygen atoms in total. The molecular weight excluding hydrogens is 230 g/mol. The molecule has 0 saturated carbocycles. The molecule has 1 N–H and O–H groups in total. The van der Waals surface area contributed by atoms with Crippen LogP contribution in [-0.2, 0) is 9.53 Å². The Morgan fingerprint density at radius 3 is 3.00 bits per heavy atom. The van der Waals surface area contributed by atoms with Crippen LogP contribution in [0.2, 0.25) is 0 Å². The van der Waals surface area contributed by atoms with Gasteiger partial charge >= 0.3 is 0 Å². The number of hydrogen-bond donors (Lipinski definition) is 1. The molecule has 2 heterocycles. The predicted octanol–water partition coefficient (Wildman–Crippen LogP) is -0.0825. The molecule has 5 heteroatoms. The van der Waals surface area contributed by atoms with Gasteiger partial charge in [0.1, 0.15) is 0 Å². The first-order valence-electron chi connectivity index (χ1n) is 7.01. The lowest BCUT2D eigenvalue weighted by Gasteiger charge is -2.37. The molecule has 0 aromatic carbocycles. The van der Waals surface area contributed by atoms with Crippen molar-refractivity contribution in [2.24, 2.45) is 0 Å². The quantitative estimate of drug-likeness (QED) is 0.749. The maximum Gasteiger partial charge on any atom is 0.236 e. The maximum atomic E-state index is 12.3. The van der Waals surface area contributed by atoms with Crippen molar-refractivity contribution >= 4 is 5.91 Å². The van der Waals surface area contributed by atoms with E-state index in [1.165, 1.54) is 0 Å². The average Bonchev–Trinajstić information content (AvgIpc) is 2.62. The van der Waals surface area contributed by atoms with Crippen LogP contribution in [0.25, 0.3) is 0 Å². The van der Waals surface area contributed by atoms with Crippen LogP contribution in [0.5, 0.6) is 0 Å². The number of hydrogen-bond acceptors (Lipinski definition) is 4. The van der Waals surface area contributed by atoms with Gasteiger partial charge in [-0.3, -0.25) is 9.69 Å². The van der Waals surface area contributed by atoms with Crippen LogP contribution < -0.4 is 5.32 Å². The molecular formula is C13H25N3O2. The standard InChI is InChI=1S/C13H25N3O2/c1-11-10-18-12(2)8-16(11)9-13(17)15-6-3-4-14-5-7-15/h11-12,14H,3-10H2,1-2H3. The number of rotatable bonds is 2. The van der Waals surface area contributed by atoms with Gasteiger partial charge in [-0.2, -0.15) is 0 Å². The van der Waals surface area contributed by atoms with Crippen molar-refractivity contribution in [3.63, 3.8) is 0 Å². The number of morpholine rings is 1. The summed E-state index contributed by atoms with van der Waals surface area (Å²) in [5, 5.41) is 3.32. The number of amides is 1. The molecule has 2 aliphatic rings. The zero-order chi connectivity index (χ0) is 13.0. The molecule has 2 saturated heterocycles. The summed E-state index contributed by atoms with van der Waals surface area (Å²) in [6, 6.07) is 0.343. The molecule has 0 aromatic heterocycles. The van der Waals surface area contributed by atoms with Crippen molar-refractivity contribution in [3.05, 3.63) is 0 Å². The van der Waals surface area contributed by atoms with Crippen molar-refractivity contribution < 1.29 is 9.53 Å². The monoisotopic (exact) mass is 255 g/mol. The molecule has 0 bridgehead atoms. The highest BCUT2D eigenvalue weighted by atomic mass is 16.5. The van der Waals surface area contributed by atoms with E-state index in [4.69, 9.17) is 4.74 Å². The summed E-state index contributed by atoms with van der Waals surface area (Å²) in [6.45, 7) is 10.00. The molecule has 2 rings (SSSR count). The van der Waals surface area contributed by atoms with Crippen molar-refractivity contribution in [2.45, 2.75) is 32.4 Å². The second-order valence-electron chi connectivity index (χ2n) is 5.41. The Morgan fingerprint density at radius 2 is 2.17 bits per heavy atom. The highest BCUT2D eigenvalue weighted by Crippen LogP contribution is 2.11. The second-order valence-corrected chi connectivity index (χ2v) is 5.41. The lowest BCUT2D eigenvalue weighted by atomic mass is 10.2. The normalized spacial score (nSPS) is 31.1. The first-order chi connectivity index (χ1) is 8.66. The Bertz CT molecular complexity index is 277. The molecule has 18 heavy (non-hydrogen) atoms. The zero-order valence-corrected chi connectivity index (χ0v) is 11.5. The molecule has 2 fully saturated rings. The van der Waals surface area contributed by atoms with E-state index in [0.717, 1.165) is 45.8 Å². The topological polar surface area (TPSA) is 44.8 Å². The summed E-state index contributed by atoms with van der Waals surface area (Å²) < 4.78 is 5.59. The Balaban J connectivity index is 1.85. The summed E-state index contributed by atoms with van der Waals surface area (Å²) >= 11 is 0. The second kappa shape index (κ2) is 6.50. The number of carbonyl (C=O) groups is 1. The van der Waals surface area contributed by atoms with Gasteiger partial charge < -0.3 is 15.0 Å². The molecule has 0 aliphatic carbocycles. The number of nitrogens with zero attached hydrogens (tertiary/aromatic N) is 2. The van der Waals surface area contributed by atoms with Gasteiger partial charge in [-0.05, 0) is 26.8 Å². The number of carbonyl (C=O) groups excluding carboxylic acids is 1. The van der Waals surface area contributed by atoms with Crippen LogP contribution in [0, 0.1) is 0 Å². The molecule has 104 valence electrons. The third-order valence-corrected chi connectivity index (χ3v) is 3.77. The Morgan fingerprint density at radius 1 is 1.33 bits per heavy atom. The van der Waals surface area contributed by atoms with Gasteiger partial charge in [0.25, 0.3) is 0 Å². The van der Waals surface area contributed by atoms with E-state index in [9.17, 15) is 4.79 Å². The molecule has 0 aromatic rings. The first kappa shape index (κ1) is 13.8. The molecule has 2 atom stereocenters. The lowest BCUT2D eigenvalue weighted by Crippen LogP contribution is -2.51. The highest BCUT2D eigenvalue weighted by molar-refractivity contribution is 5.78. The number of ether oxygens (including phenoxy) is 1. The molecule has 2 unspecified atom stereocenters. The predicted molar refractivity (Wildman–Crippen MR) is 70.5 cm³/mol. The third kappa shape index (κ3) is 3.67. The molecule has 0 radical (unpaired) electrons. The summed E-state index contributed by atoms with van der Waals surface area (Å²) in [4.78, 5) is 16.5. The highest BCUT2D eigenvalue weighted by Gasteiger charge is 2.26. The summed E-state index contributed by atoms with van der Waals surface area (Å²) in [6.07, 6.45) is 1.29. The number of nitrogens with one attached hydrogen (secondary N) is 1. The Labute approximate surface area is 109 Å². The minimum absolute atomic E-state index is 0.236. The fraction of sp³-hybridized carbons (Fsp3) is 0.923. The largest absolute Gasteiger partial charge is 0.376 e. The van der Waals surface area contributed by atoms with Crippen LogP contribution in [0.3, 0.4) is 0 Å². The van der Waals surface area contributed by atoms with Crippen LogP contribution in [0.15, 0.2) is 0 Å². The fourth-order valence-electron chi connectivity index (χ4n) is 2.56. The van der Waals surface area contributed by atoms with Gasteiger partial charge in [0.05, 0.1) is 19.3 Å². The van der Waals surface area contributed by atoms with E-state index in [0.29, 0.717) is 12.6 Å². The van der Waals surface area contributed by atoms with Crippen LogP contribution in [-0.4, -0.2) is 73.7 Å². The van der Waals surface area contributed by atoms with Gasteiger partial charge in [0.15, 0.2) is 0 Å². The summed E-state index contributed by atoms with van der Waals surface area (Å²) in [7, 11) is 0. The zero-order valence-electron chi connectivity index (χ0n) is 11.5. The van der Waals surface area contributed by atoms with Crippen molar-refractivity contribution in [1.82, 2.24) is 15.1 Å². The van der Waals surface area contributed by atoms with E-state index in [2.05, 4.69) is 24.1 Å². The molecule has 0 spiro atoms. The SMILES string of the molecule is CC1CN(CC(=O)N2CCCNCC2)C(C)CO1. The van der Waals surface area contributed by atoms with E-state index in [1.807, 2.05) is 4.90 Å². The van der Waals surface area contributed by atoms with E-state index < -0.39 is 0 Å². The van der Waals surface area contributed by atoms with E-state index >= 15 is 0 Å². The van der Waals surface area contributed by atoms with Crippen LogP contribution >= 0.6 is 0 Å². The third-order valence-electron chi connectivity index (χ3n) is 3.77. The molecule has 2 aliphatic heterocycles. The smallest absolute Gasteiger partial charge is 0.236 e. The van der Waals surface area contributed by atoms with Gasteiger partial charge in [0.2, 0.25) is 5.91 Å². The summed E-state index contributed by atoms with van der Waals surface area (Å²) in [5.41, 5.74) is 0. The van der Waals surface area contributed by atoms with Gasteiger partial charge in [-0.25, -0.2) is 0 Å². The van der Waals surface area contributed by atoms with E-state index in [-0.39, 0.29) is 12.0 Å². The first-order valence-corrected chi connectivity index (χ1v) is 7.01. The lowest BCUT2D eigenvalue weighted by molar-refractivity contribution is -0.135.